The fourth-order valence-corrected chi connectivity index (χ4v) is 2.51. The number of hydrogen-bond acceptors (Lipinski definition) is 4. The summed E-state index contributed by atoms with van der Waals surface area (Å²) < 4.78 is 10.7. The quantitative estimate of drug-likeness (QED) is 0.365. The van der Waals surface area contributed by atoms with Crippen LogP contribution in [0.4, 0.5) is 0 Å². The van der Waals surface area contributed by atoms with Crippen LogP contribution < -0.4 is 10.5 Å². The maximum absolute atomic E-state index is 7.92. The summed E-state index contributed by atoms with van der Waals surface area (Å²) in [5, 5.41) is 16.3. The van der Waals surface area contributed by atoms with E-state index in [4.69, 9.17) is 20.6 Å². The monoisotopic (exact) mass is 337 g/mol. The first kappa shape index (κ1) is 16.7. The third-order valence-corrected chi connectivity index (χ3v) is 3.70. The fraction of sp³-hybridized carbons (Fsp3) is 0.167. The van der Waals surface area contributed by atoms with Crippen molar-refractivity contribution in [3.05, 3.63) is 48.0 Å². The second-order valence-corrected chi connectivity index (χ2v) is 5.33. The van der Waals surface area contributed by atoms with Crippen LogP contribution in [0.1, 0.15) is 5.56 Å². The topological polar surface area (TPSA) is 109 Å². The van der Waals surface area contributed by atoms with Gasteiger partial charge in [-0.25, -0.2) is 4.99 Å². The van der Waals surface area contributed by atoms with Gasteiger partial charge in [-0.05, 0) is 30.3 Å². The summed E-state index contributed by atoms with van der Waals surface area (Å²) in [7, 11) is 1.64. The van der Waals surface area contributed by atoms with Gasteiger partial charge >= 0.3 is 0 Å². The van der Waals surface area contributed by atoms with Gasteiger partial charge in [-0.1, -0.05) is 12.1 Å². The van der Waals surface area contributed by atoms with Crippen molar-refractivity contribution in [2.75, 3.05) is 20.3 Å². The first-order valence-corrected chi connectivity index (χ1v) is 7.76. The summed E-state index contributed by atoms with van der Waals surface area (Å²) in [6.07, 6.45) is 1.11. The minimum Gasteiger partial charge on any atom is -0.491 e. The van der Waals surface area contributed by atoms with E-state index in [9.17, 15) is 0 Å². The Morgan fingerprint density at radius 3 is 2.96 bits per heavy atom. The third-order valence-electron chi connectivity index (χ3n) is 3.70. The van der Waals surface area contributed by atoms with Crippen LogP contribution >= 0.6 is 0 Å². The first-order chi connectivity index (χ1) is 12.2. The number of benzene rings is 2. The lowest BCUT2D eigenvalue weighted by atomic mass is 10.0. The highest BCUT2D eigenvalue weighted by atomic mass is 16.5. The molecule has 0 bridgehead atoms. The van der Waals surface area contributed by atoms with Crippen molar-refractivity contribution in [1.29, 1.82) is 5.41 Å². The molecular weight excluding hydrogens is 318 g/mol. The number of nitrogens with two attached hydrogens (primary N) is 1. The van der Waals surface area contributed by atoms with Crippen LogP contribution in [0.2, 0.25) is 0 Å². The van der Waals surface area contributed by atoms with E-state index >= 15 is 0 Å². The molecule has 0 saturated heterocycles. The molecule has 25 heavy (non-hydrogen) atoms. The minimum absolute atomic E-state index is 0.105. The van der Waals surface area contributed by atoms with Crippen molar-refractivity contribution in [1.82, 2.24) is 10.2 Å². The Labute approximate surface area is 145 Å². The number of rotatable bonds is 6. The Kier molecular flexibility index (Phi) is 5.06. The molecule has 0 saturated carbocycles. The van der Waals surface area contributed by atoms with Gasteiger partial charge in [0.05, 0.1) is 18.5 Å². The number of aliphatic imine (C=N–C) groups is 1. The number of nitrogens with zero attached hydrogens (tertiary/aromatic N) is 2. The number of amidine groups is 1. The van der Waals surface area contributed by atoms with Crippen molar-refractivity contribution in [3.63, 3.8) is 0 Å². The Hall–Kier alpha value is -3.19. The number of nitrogens with one attached hydrogen (secondary N) is 2. The summed E-state index contributed by atoms with van der Waals surface area (Å²) in [6.45, 7) is 1.02. The number of ether oxygens (including phenoxy) is 2. The second kappa shape index (κ2) is 7.59. The van der Waals surface area contributed by atoms with Crippen molar-refractivity contribution in [3.8, 4) is 17.0 Å². The standard InChI is InChI=1S/C18H19N5O2/c1-24-7-8-25-14-4-2-3-12(9-14)17-15-10-13(18(20)21-11-19)5-6-16(15)22-23-17/h2-6,9-11H,7-8H2,1H3,(H,22,23)(H3,19,20,21). The number of aromatic nitrogens is 2. The lowest BCUT2D eigenvalue weighted by Crippen LogP contribution is -2.04. The molecule has 7 nitrogen and oxygen atoms in total. The zero-order valence-electron chi connectivity index (χ0n) is 13.8. The van der Waals surface area contributed by atoms with Gasteiger partial charge in [0.15, 0.2) is 5.84 Å². The predicted molar refractivity (Wildman–Crippen MR) is 98.4 cm³/mol. The first-order valence-electron chi connectivity index (χ1n) is 7.76. The molecular formula is C18H19N5O2. The molecule has 128 valence electrons. The highest BCUT2D eigenvalue weighted by molar-refractivity contribution is 6.04. The highest BCUT2D eigenvalue weighted by Gasteiger charge is 2.11. The molecule has 3 aromatic rings. The van der Waals surface area contributed by atoms with Gasteiger partial charge in [0.1, 0.15) is 18.1 Å². The molecule has 0 amide bonds. The van der Waals surface area contributed by atoms with Crippen molar-refractivity contribution in [2.24, 2.45) is 10.7 Å². The van der Waals surface area contributed by atoms with E-state index < -0.39 is 0 Å². The third kappa shape index (κ3) is 3.67. The summed E-state index contributed by atoms with van der Waals surface area (Å²) in [6, 6.07) is 13.3. The van der Waals surface area contributed by atoms with E-state index in [2.05, 4.69) is 15.2 Å². The summed E-state index contributed by atoms with van der Waals surface area (Å²) >= 11 is 0. The predicted octanol–water partition coefficient (Wildman–Crippen LogP) is 2.57. The van der Waals surface area contributed by atoms with E-state index in [-0.39, 0.29) is 5.84 Å². The average molecular weight is 337 g/mol. The van der Waals surface area contributed by atoms with E-state index in [0.717, 1.165) is 34.2 Å². The van der Waals surface area contributed by atoms with Gasteiger partial charge in [0.25, 0.3) is 0 Å². The van der Waals surface area contributed by atoms with Crippen molar-refractivity contribution < 1.29 is 9.47 Å². The molecule has 3 rings (SSSR count). The van der Waals surface area contributed by atoms with Crippen LogP contribution in [0.15, 0.2) is 47.5 Å². The Morgan fingerprint density at radius 1 is 1.28 bits per heavy atom. The zero-order chi connectivity index (χ0) is 17.6. The summed E-state index contributed by atoms with van der Waals surface area (Å²) in [5.41, 5.74) is 8.54. The van der Waals surface area contributed by atoms with Gasteiger partial charge in [-0.3, -0.25) is 10.5 Å². The molecule has 1 heterocycles. The number of H-pyrrole nitrogens is 1. The normalized spacial score (nSPS) is 11.2. The van der Waals surface area contributed by atoms with Gasteiger partial charge in [0.2, 0.25) is 0 Å². The maximum Gasteiger partial charge on any atom is 0.153 e. The molecule has 0 aliphatic carbocycles. The molecule has 0 aliphatic rings. The average Bonchev–Trinajstić information content (AvgIpc) is 3.05. The van der Waals surface area contributed by atoms with E-state index in [1.165, 1.54) is 0 Å². The SMILES string of the molecule is COCCOc1cccc(-c2n[nH]c3ccc(C(=N)/N=C\N)cc23)c1. The van der Waals surface area contributed by atoms with Crippen LogP contribution in [-0.4, -0.2) is 42.7 Å². The van der Waals surface area contributed by atoms with Gasteiger partial charge in [-0.2, -0.15) is 5.10 Å². The maximum atomic E-state index is 7.92. The second-order valence-electron chi connectivity index (χ2n) is 5.33. The Morgan fingerprint density at radius 2 is 2.16 bits per heavy atom. The molecule has 7 heteroatoms. The smallest absolute Gasteiger partial charge is 0.153 e. The van der Waals surface area contributed by atoms with Crippen molar-refractivity contribution in [2.45, 2.75) is 0 Å². The molecule has 2 aromatic carbocycles. The van der Waals surface area contributed by atoms with Crippen LogP contribution in [0.3, 0.4) is 0 Å². The molecule has 1 aromatic heterocycles. The van der Waals surface area contributed by atoms with E-state index in [1.807, 2.05) is 42.5 Å². The fourth-order valence-electron chi connectivity index (χ4n) is 2.51. The van der Waals surface area contributed by atoms with E-state index in [0.29, 0.717) is 18.8 Å². The lowest BCUT2D eigenvalue weighted by molar-refractivity contribution is 0.146. The number of hydrogen-bond donors (Lipinski definition) is 3. The lowest BCUT2D eigenvalue weighted by Gasteiger charge is -2.07. The van der Waals surface area contributed by atoms with Crippen LogP contribution in [-0.2, 0) is 4.74 Å². The number of fused-ring (bicyclic) bond motifs is 1. The minimum atomic E-state index is 0.105. The summed E-state index contributed by atoms with van der Waals surface area (Å²) in [5.74, 6) is 0.857. The molecule has 4 N–H and O–H groups in total. The highest BCUT2D eigenvalue weighted by Crippen LogP contribution is 2.29. The van der Waals surface area contributed by atoms with Crippen LogP contribution in [0.5, 0.6) is 5.75 Å². The van der Waals surface area contributed by atoms with Crippen molar-refractivity contribution >= 4 is 23.1 Å². The molecule has 0 spiro atoms. The zero-order valence-corrected chi connectivity index (χ0v) is 13.8. The molecule has 0 fully saturated rings. The molecule has 0 atom stereocenters. The molecule has 0 aliphatic heterocycles. The molecule has 0 radical (unpaired) electrons. The van der Waals surface area contributed by atoms with Gasteiger partial charge < -0.3 is 15.2 Å². The number of aromatic amines is 1. The molecule has 0 unspecified atom stereocenters. The van der Waals surface area contributed by atoms with Crippen LogP contribution in [0.25, 0.3) is 22.2 Å². The van der Waals surface area contributed by atoms with Gasteiger partial charge in [-0.15, -0.1) is 0 Å². The largest absolute Gasteiger partial charge is 0.491 e. The van der Waals surface area contributed by atoms with Crippen LogP contribution in [0, 0.1) is 5.41 Å². The summed E-state index contributed by atoms with van der Waals surface area (Å²) in [4.78, 5) is 3.82. The van der Waals surface area contributed by atoms with Gasteiger partial charge in [0, 0.05) is 23.6 Å². The Balaban J connectivity index is 1.96. The van der Waals surface area contributed by atoms with E-state index in [1.54, 1.807) is 7.11 Å². The Bertz CT molecular complexity index is 917. The number of methoxy groups -OCH3 is 1.